The van der Waals surface area contributed by atoms with E-state index in [9.17, 15) is 9.59 Å². The van der Waals surface area contributed by atoms with E-state index in [0.29, 0.717) is 6.61 Å². The van der Waals surface area contributed by atoms with E-state index in [4.69, 9.17) is 21.1 Å². The third kappa shape index (κ3) is 4.91. The number of halogens is 1. The number of ether oxygens (including phenoxy) is 2. The predicted octanol–water partition coefficient (Wildman–Crippen LogP) is 3.04. The molecule has 0 unspecified atom stereocenters. The molecule has 0 heterocycles. The lowest BCUT2D eigenvalue weighted by atomic mass is 10.1. The Labute approximate surface area is 117 Å². The molecular formula is C14H17ClO4. The van der Waals surface area contributed by atoms with Crippen LogP contribution < -0.4 is 0 Å². The van der Waals surface area contributed by atoms with Gasteiger partial charge in [0, 0.05) is 0 Å². The Morgan fingerprint density at radius 3 is 2.05 bits per heavy atom. The third-order valence-electron chi connectivity index (χ3n) is 2.41. The van der Waals surface area contributed by atoms with Crippen LogP contribution in [-0.4, -0.2) is 31.0 Å². The van der Waals surface area contributed by atoms with Crippen LogP contribution in [0, 0.1) is 0 Å². The lowest BCUT2D eigenvalue weighted by Gasteiger charge is -2.08. The second-order valence-corrected chi connectivity index (χ2v) is 4.24. The molecule has 104 valence electrons. The lowest BCUT2D eigenvalue weighted by Crippen LogP contribution is -2.15. The number of alkyl halides is 1. The lowest BCUT2D eigenvalue weighted by molar-refractivity contribution is 0.0465. The Kier molecular flexibility index (Phi) is 6.97. The van der Waals surface area contributed by atoms with Crippen LogP contribution >= 0.6 is 11.6 Å². The van der Waals surface area contributed by atoms with Gasteiger partial charge in [-0.3, -0.25) is 0 Å². The molecule has 0 fully saturated rings. The summed E-state index contributed by atoms with van der Waals surface area (Å²) in [7, 11) is 0. The van der Waals surface area contributed by atoms with E-state index in [1.807, 2.05) is 6.92 Å². The molecule has 0 saturated carbocycles. The second-order valence-electron chi connectivity index (χ2n) is 3.86. The normalized spacial score (nSPS) is 10.0. The van der Waals surface area contributed by atoms with E-state index in [1.54, 1.807) is 18.2 Å². The molecule has 0 saturated heterocycles. The number of esters is 2. The standard InChI is InChI=1S/C14H17ClO4/c1-2-3-9-18-13(16)11-6-4-5-7-12(11)14(17)19-10-8-15/h4-7H,2-3,8-10H2,1H3. The zero-order valence-corrected chi connectivity index (χ0v) is 11.6. The molecule has 5 heteroatoms. The van der Waals surface area contributed by atoms with Crippen LogP contribution in [0.5, 0.6) is 0 Å². The van der Waals surface area contributed by atoms with E-state index in [-0.39, 0.29) is 23.6 Å². The Bertz CT molecular complexity index is 431. The molecular weight excluding hydrogens is 268 g/mol. The maximum atomic E-state index is 11.9. The van der Waals surface area contributed by atoms with Crippen molar-refractivity contribution in [3.8, 4) is 0 Å². The summed E-state index contributed by atoms with van der Waals surface area (Å²) in [5.74, 6) is -0.856. The van der Waals surface area contributed by atoms with Gasteiger partial charge in [-0.15, -0.1) is 11.6 Å². The Balaban J connectivity index is 2.77. The van der Waals surface area contributed by atoms with Gasteiger partial charge in [-0.25, -0.2) is 9.59 Å². The van der Waals surface area contributed by atoms with Gasteiger partial charge in [0.05, 0.1) is 23.6 Å². The molecule has 0 aliphatic carbocycles. The highest BCUT2D eigenvalue weighted by Gasteiger charge is 2.18. The zero-order chi connectivity index (χ0) is 14.1. The van der Waals surface area contributed by atoms with Gasteiger partial charge >= 0.3 is 11.9 Å². The van der Waals surface area contributed by atoms with Gasteiger partial charge in [0.1, 0.15) is 6.61 Å². The maximum Gasteiger partial charge on any atom is 0.339 e. The molecule has 4 nitrogen and oxygen atoms in total. The molecule has 0 aliphatic rings. The number of benzene rings is 1. The molecule has 1 aromatic carbocycles. The molecule has 0 aliphatic heterocycles. The molecule has 0 amide bonds. The number of hydrogen-bond acceptors (Lipinski definition) is 4. The third-order valence-corrected chi connectivity index (χ3v) is 2.56. The molecule has 1 rings (SSSR count). The molecule has 19 heavy (non-hydrogen) atoms. The van der Waals surface area contributed by atoms with Gasteiger partial charge < -0.3 is 9.47 Å². The molecule has 0 aromatic heterocycles. The van der Waals surface area contributed by atoms with E-state index in [1.165, 1.54) is 6.07 Å². The number of hydrogen-bond donors (Lipinski definition) is 0. The van der Waals surface area contributed by atoms with E-state index < -0.39 is 11.9 Å². The quantitative estimate of drug-likeness (QED) is 0.439. The average molecular weight is 285 g/mol. The number of carbonyl (C=O) groups excluding carboxylic acids is 2. The predicted molar refractivity (Wildman–Crippen MR) is 72.6 cm³/mol. The highest BCUT2D eigenvalue weighted by Crippen LogP contribution is 2.12. The van der Waals surface area contributed by atoms with Crippen molar-refractivity contribution in [3.05, 3.63) is 35.4 Å². The fraction of sp³-hybridized carbons (Fsp3) is 0.429. The van der Waals surface area contributed by atoms with Crippen LogP contribution in [0.1, 0.15) is 40.5 Å². The van der Waals surface area contributed by atoms with Crippen molar-refractivity contribution in [2.45, 2.75) is 19.8 Å². The van der Waals surface area contributed by atoms with Crippen LogP contribution in [0.2, 0.25) is 0 Å². The first-order valence-corrected chi connectivity index (χ1v) is 6.73. The molecule has 0 bridgehead atoms. The first-order valence-electron chi connectivity index (χ1n) is 6.20. The van der Waals surface area contributed by atoms with Gasteiger partial charge in [0.2, 0.25) is 0 Å². The number of carbonyl (C=O) groups is 2. The molecule has 0 spiro atoms. The Morgan fingerprint density at radius 2 is 1.58 bits per heavy atom. The minimum absolute atomic E-state index is 0.111. The van der Waals surface area contributed by atoms with Gasteiger partial charge in [-0.05, 0) is 18.6 Å². The largest absolute Gasteiger partial charge is 0.462 e. The summed E-state index contributed by atoms with van der Waals surface area (Å²) in [6, 6.07) is 6.42. The van der Waals surface area contributed by atoms with E-state index in [0.717, 1.165) is 12.8 Å². The Hall–Kier alpha value is -1.55. The molecule has 0 atom stereocenters. The van der Waals surface area contributed by atoms with Crippen molar-refractivity contribution < 1.29 is 19.1 Å². The number of unbranched alkanes of at least 4 members (excludes halogenated alkanes) is 1. The summed E-state index contributed by atoms with van der Waals surface area (Å²) in [6.45, 7) is 2.46. The van der Waals surface area contributed by atoms with E-state index >= 15 is 0 Å². The highest BCUT2D eigenvalue weighted by atomic mass is 35.5. The van der Waals surface area contributed by atoms with Crippen molar-refractivity contribution in [1.29, 1.82) is 0 Å². The first kappa shape index (κ1) is 15.5. The second kappa shape index (κ2) is 8.53. The fourth-order valence-electron chi connectivity index (χ4n) is 1.44. The summed E-state index contributed by atoms with van der Waals surface area (Å²) in [4.78, 5) is 23.6. The summed E-state index contributed by atoms with van der Waals surface area (Å²) in [5.41, 5.74) is 0.423. The van der Waals surface area contributed by atoms with Crippen molar-refractivity contribution in [2.24, 2.45) is 0 Å². The van der Waals surface area contributed by atoms with Gasteiger partial charge in [-0.2, -0.15) is 0 Å². The number of rotatable bonds is 7. The smallest absolute Gasteiger partial charge is 0.339 e. The van der Waals surface area contributed by atoms with Crippen LogP contribution in [0.3, 0.4) is 0 Å². The maximum absolute atomic E-state index is 11.9. The first-order chi connectivity index (χ1) is 9.20. The van der Waals surface area contributed by atoms with Crippen LogP contribution in [-0.2, 0) is 9.47 Å². The van der Waals surface area contributed by atoms with Crippen LogP contribution in [0.25, 0.3) is 0 Å². The van der Waals surface area contributed by atoms with E-state index in [2.05, 4.69) is 0 Å². The minimum atomic E-state index is -0.566. The molecule has 1 aromatic rings. The van der Waals surface area contributed by atoms with Gasteiger partial charge in [-0.1, -0.05) is 25.5 Å². The summed E-state index contributed by atoms with van der Waals surface area (Å²) >= 11 is 5.45. The molecule has 0 N–H and O–H groups in total. The fourth-order valence-corrected chi connectivity index (χ4v) is 1.51. The summed E-state index contributed by atoms with van der Waals surface area (Å²) in [5, 5.41) is 0. The van der Waals surface area contributed by atoms with Crippen LogP contribution in [0.4, 0.5) is 0 Å². The topological polar surface area (TPSA) is 52.6 Å². The average Bonchev–Trinajstić information content (AvgIpc) is 2.45. The Morgan fingerprint density at radius 1 is 1.05 bits per heavy atom. The van der Waals surface area contributed by atoms with Crippen molar-refractivity contribution in [2.75, 3.05) is 19.1 Å². The zero-order valence-electron chi connectivity index (χ0n) is 10.9. The van der Waals surface area contributed by atoms with Gasteiger partial charge in [0.25, 0.3) is 0 Å². The van der Waals surface area contributed by atoms with Crippen molar-refractivity contribution in [3.63, 3.8) is 0 Å². The van der Waals surface area contributed by atoms with Crippen molar-refractivity contribution in [1.82, 2.24) is 0 Å². The summed E-state index contributed by atoms with van der Waals surface area (Å²) in [6.07, 6.45) is 1.73. The summed E-state index contributed by atoms with van der Waals surface area (Å²) < 4.78 is 10.0. The SMILES string of the molecule is CCCCOC(=O)c1ccccc1C(=O)OCCCl. The van der Waals surface area contributed by atoms with Crippen LogP contribution in [0.15, 0.2) is 24.3 Å². The minimum Gasteiger partial charge on any atom is -0.462 e. The monoisotopic (exact) mass is 284 g/mol. The molecule has 0 radical (unpaired) electrons. The highest BCUT2D eigenvalue weighted by molar-refractivity contribution is 6.18. The van der Waals surface area contributed by atoms with Gasteiger partial charge in [0.15, 0.2) is 0 Å². The van der Waals surface area contributed by atoms with Crippen molar-refractivity contribution >= 4 is 23.5 Å².